The lowest BCUT2D eigenvalue weighted by Gasteiger charge is -1.99. The molecule has 0 spiro atoms. The number of hydrogen-bond donors (Lipinski definition) is 1. The van der Waals surface area contributed by atoms with E-state index in [0.717, 1.165) is 0 Å². The van der Waals surface area contributed by atoms with Gasteiger partial charge in [0.25, 0.3) is 0 Å². The van der Waals surface area contributed by atoms with Crippen molar-refractivity contribution >= 4 is 12.8 Å². The van der Waals surface area contributed by atoms with Crippen LogP contribution in [-0.2, 0) is 14.3 Å². The second-order valence-corrected chi connectivity index (χ2v) is 1.70. The normalized spacial score (nSPS) is 6.77. The van der Waals surface area contributed by atoms with Gasteiger partial charge in [-0.3, -0.25) is 0 Å². The van der Waals surface area contributed by atoms with Crippen LogP contribution in [0.4, 0.5) is 0 Å². The van der Waals surface area contributed by atoms with Crippen LogP contribution in [0.3, 0.4) is 0 Å². The molecule has 4 nitrogen and oxygen atoms in total. The summed E-state index contributed by atoms with van der Waals surface area (Å²) in [6.45, 7) is 11.6. The number of ether oxygens (including phenoxy) is 1. The molecule has 0 saturated carbocycles. The van der Waals surface area contributed by atoms with Crippen molar-refractivity contribution in [2.75, 3.05) is 13.2 Å². The first-order valence-electron chi connectivity index (χ1n) is 4.00. The van der Waals surface area contributed by atoms with Crippen molar-refractivity contribution in [1.29, 1.82) is 0 Å². The molecular formula is C9H19NO3. The van der Waals surface area contributed by atoms with E-state index in [0.29, 0.717) is 12.1 Å². The van der Waals surface area contributed by atoms with Crippen molar-refractivity contribution in [3.05, 3.63) is 12.2 Å². The van der Waals surface area contributed by atoms with Crippen LogP contribution in [0.25, 0.3) is 0 Å². The zero-order valence-electron chi connectivity index (χ0n) is 8.63. The van der Waals surface area contributed by atoms with E-state index in [4.69, 9.17) is 10.5 Å². The first-order chi connectivity index (χ1) is 6.18. The van der Waals surface area contributed by atoms with Gasteiger partial charge in [0.1, 0.15) is 13.4 Å². The van der Waals surface area contributed by atoms with Gasteiger partial charge in [0.15, 0.2) is 0 Å². The lowest BCUT2D eigenvalue weighted by atomic mass is 10.4. The third-order valence-electron chi connectivity index (χ3n) is 0.699. The molecule has 2 N–H and O–H groups in total. The molecule has 0 aromatic carbocycles. The topological polar surface area (TPSA) is 69.4 Å². The molecule has 0 atom stereocenters. The molecule has 0 aromatic heterocycles. The van der Waals surface area contributed by atoms with E-state index in [9.17, 15) is 4.79 Å². The SMILES string of the molecule is C=C(C)C(=O)OCCN.C=O.CC. The van der Waals surface area contributed by atoms with Crippen molar-refractivity contribution < 1.29 is 14.3 Å². The maximum Gasteiger partial charge on any atom is 0.333 e. The smallest absolute Gasteiger partial charge is 0.333 e. The molecule has 0 bridgehead atoms. The molecule has 78 valence electrons. The van der Waals surface area contributed by atoms with E-state index < -0.39 is 0 Å². The van der Waals surface area contributed by atoms with E-state index in [1.807, 2.05) is 20.6 Å². The average Bonchev–Trinajstić information content (AvgIpc) is 2.20. The quantitative estimate of drug-likeness (QED) is 0.529. The van der Waals surface area contributed by atoms with Crippen LogP contribution in [0.2, 0.25) is 0 Å². The summed E-state index contributed by atoms with van der Waals surface area (Å²) in [6, 6.07) is 0. The molecule has 0 fully saturated rings. The summed E-state index contributed by atoms with van der Waals surface area (Å²) in [5.74, 6) is -0.375. The highest BCUT2D eigenvalue weighted by atomic mass is 16.5. The van der Waals surface area contributed by atoms with Gasteiger partial charge in [0.05, 0.1) is 0 Å². The predicted octanol–water partition coefficient (Wildman–Crippen LogP) is 0.906. The number of hydrogen-bond acceptors (Lipinski definition) is 4. The zero-order valence-corrected chi connectivity index (χ0v) is 8.63. The summed E-state index contributed by atoms with van der Waals surface area (Å²) in [4.78, 5) is 18.5. The molecule has 13 heavy (non-hydrogen) atoms. The van der Waals surface area contributed by atoms with Crippen LogP contribution in [0, 0.1) is 0 Å². The first kappa shape index (κ1) is 17.8. The van der Waals surface area contributed by atoms with Crippen LogP contribution in [0.15, 0.2) is 12.2 Å². The Morgan fingerprint density at radius 1 is 1.38 bits per heavy atom. The summed E-state index contributed by atoms with van der Waals surface area (Å²) in [6.07, 6.45) is 0. The van der Waals surface area contributed by atoms with Crippen molar-refractivity contribution in [3.8, 4) is 0 Å². The number of esters is 1. The summed E-state index contributed by atoms with van der Waals surface area (Å²) < 4.78 is 4.59. The highest BCUT2D eigenvalue weighted by Gasteiger charge is 1.99. The highest BCUT2D eigenvalue weighted by molar-refractivity contribution is 5.86. The maximum absolute atomic E-state index is 10.5. The number of carbonyl (C=O) groups excluding carboxylic acids is 2. The van der Waals surface area contributed by atoms with Crippen molar-refractivity contribution in [2.45, 2.75) is 20.8 Å². The Labute approximate surface area is 79.8 Å². The Morgan fingerprint density at radius 3 is 2.00 bits per heavy atom. The van der Waals surface area contributed by atoms with Crippen molar-refractivity contribution in [1.82, 2.24) is 0 Å². The number of carbonyl (C=O) groups is 2. The van der Waals surface area contributed by atoms with Gasteiger partial charge in [-0.2, -0.15) is 0 Å². The Hall–Kier alpha value is -1.16. The van der Waals surface area contributed by atoms with Gasteiger partial charge in [-0.05, 0) is 6.92 Å². The monoisotopic (exact) mass is 189 g/mol. The van der Waals surface area contributed by atoms with E-state index in [2.05, 4.69) is 11.3 Å². The predicted molar refractivity (Wildman–Crippen MR) is 53.3 cm³/mol. The molecule has 4 heteroatoms. The largest absolute Gasteiger partial charge is 0.461 e. The fourth-order valence-corrected chi connectivity index (χ4v) is 0.275. The van der Waals surface area contributed by atoms with Crippen LogP contribution in [0.5, 0.6) is 0 Å². The van der Waals surface area contributed by atoms with E-state index >= 15 is 0 Å². The zero-order chi connectivity index (χ0) is 11.3. The summed E-state index contributed by atoms with van der Waals surface area (Å²) >= 11 is 0. The van der Waals surface area contributed by atoms with Crippen LogP contribution < -0.4 is 5.73 Å². The molecule has 0 unspecified atom stereocenters. The van der Waals surface area contributed by atoms with Gasteiger partial charge < -0.3 is 15.3 Å². The van der Waals surface area contributed by atoms with E-state index in [1.54, 1.807) is 6.92 Å². The maximum atomic E-state index is 10.5. The van der Waals surface area contributed by atoms with Gasteiger partial charge in [0.2, 0.25) is 0 Å². The Morgan fingerprint density at radius 2 is 1.77 bits per heavy atom. The van der Waals surface area contributed by atoms with E-state index in [-0.39, 0.29) is 12.6 Å². The van der Waals surface area contributed by atoms with Gasteiger partial charge in [0, 0.05) is 12.1 Å². The second-order valence-electron chi connectivity index (χ2n) is 1.70. The Kier molecular flexibility index (Phi) is 23.4. The Bertz CT molecular complexity index is 135. The fraction of sp³-hybridized carbons (Fsp3) is 0.556. The molecule has 0 rings (SSSR count). The highest BCUT2D eigenvalue weighted by Crippen LogP contribution is 1.89. The molecule has 0 amide bonds. The minimum atomic E-state index is -0.375. The number of nitrogens with two attached hydrogens (primary N) is 1. The van der Waals surface area contributed by atoms with Crippen LogP contribution in [-0.4, -0.2) is 25.9 Å². The molecule has 0 heterocycles. The van der Waals surface area contributed by atoms with Gasteiger partial charge in [-0.1, -0.05) is 20.4 Å². The van der Waals surface area contributed by atoms with Gasteiger partial charge >= 0.3 is 5.97 Å². The van der Waals surface area contributed by atoms with Crippen LogP contribution in [0.1, 0.15) is 20.8 Å². The minimum absolute atomic E-state index is 0.270. The lowest BCUT2D eigenvalue weighted by molar-refractivity contribution is -0.138. The molecule has 0 aliphatic rings. The molecular weight excluding hydrogens is 170 g/mol. The molecule has 0 radical (unpaired) electrons. The number of rotatable bonds is 3. The van der Waals surface area contributed by atoms with Crippen molar-refractivity contribution in [3.63, 3.8) is 0 Å². The summed E-state index contributed by atoms with van der Waals surface area (Å²) in [7, 11) is 0. The average molecular weight is 189 g/mol. The lowest BCUT2D eigenvalue weighted by Crippen LogP contribution is -2.13. The van der Waals surface area contributed by atoms with Gasteiger partial charge in [-0.25, -0.2) is 4.79 Å². The minimum Gasteiger partial charge on any atom is -0.461 e. The molecule has 0 aromatic rings. The molecule has 0 saturated heterocycles. The third kappa shape index (κ3) is 18.1. The summed E-state index contributed by atoms with van der Waals surface area (Å²) in [5, 5.41) is 0. The molecule has 0 aliphatic carbocycles. The fourth-order valence-electron chi connectivity index (χ4n) is 0.275. The van der Waals surface area contributed by atoms with Crippen molar-refractivity contribution in [2.24, 2.45) is 5.73 Å². The second kappa shape index (κ2) is 17.1. The molecule has 0 aliphatic heterocycles. The standard InChI is InChI=1S/C6H11NO2.C2H6.CH2O/c1-5(2)6(8)9-4-3-7;2*1-2/h1,3-4,7H2,2H3;1-2H3;1H2. The Balaban J connectivity index is -0.000000218. The van der Waals surface area contributed by atoms with Crippen LogP contribution >= 0.6 is 0 Å². The van der Waals surface area contributed by atoms with E-state index in [1.165, 1.54) is 0 Å². The summed E-state index contributed by atoms with van der Waals surface area (Å²) in [5.41, 5.74) is 5.48. The third-order valence-corrected chi connectivity index (χ3v) is 0.699. The van der Waals surface area contributed by atoms with Gasteiger partial charge in [-0.15, -0.1) is 0 Å². The first-order valence-corrected chi connectivity index (χ1v) is 4.00.